The topological polar surface area (TPSA) is 64.7 Å². The zero-order valence-corrected chi connectivity index (χ0v) is 16.5. The van der Waals surface area contributed by atoms with Crippen LogP contribution in [0.5, 0.6) is 0 Å². The number of rotatable bonds is 6. The molecular weight excluding hydrogens is 352 g/mol. The van der Waals surface area contributed by atoms with Crippen LogP contribution in [0.1, 0.15) is 17.5 Å². The van der Waals surface area contributed by atoms with Gasteiger partial charge in [0.25, 0.3) is 0 Å². The van der Waals surface area contributed by atoms with Gasteiger partial charge in [-0.05, 0) is 23.6 Å². The second-order valence-corrected chi connectivity index (χ2v) is 7.43. The Balaban J connectivity index is 1.52. The molecule has 2 N–H and O–H groups in total. The van der Waals surface area contributed by atoms with Crippen LogP contribution >= 0.6 is 0 Å². The smallest absolute Gasteiger partial charge is 0.319 e. The van der Waals surface area contributed by atoms with Crippen LogP contribution in [-0.2, 0) is 17.8 Å². The van der Waals surface area contributed by atoms with Crippen molar-refractivity contribution in [2.24, 2.45) is 0 Å². The molecule has 1 fully saturated rings. The standard InChI is InChI=1S/C22H28N4O2/c1-25(2)21(27)14-18-10-6-7-11-20(18)24-22(28)23-19-12-13-26(16-19)15-17-8-4-3-5-9-17/h3-11,19H,12-16H2,1-2H3,(H2,23,24,28)/t19-/m0/s1. The van der Waals surface area contributed by atoms with E-state index in [0.717, 1.165) is 31.6 Å². The monoisotopic (exact) mass is 380 g/mol. The van der Waals surface area contributed by atoms with Crippen LogP contribution in [0.15, 0.2) is 54.6 Å². The molecule has 1 aliphatic heterocycles. The molecule has 0 aromatic heterocycles. The highest BCUT2D eigenvalue weighted by molar-refractivity contribution is 5.91. The molecule has 1 heterocycles. The van der Waals surface area contributed by atoms with Crippen molar-refractivity contribution >= 4 is 17.6 Å². The number of para-hydroxylation sites is 1. The third kappa shape index (κ3) is 5.57. The van der Waals surface area contributed by atoms with E-state index in [0.29, 0.717) is 5.69 Å². The molecule has 3 rings (SSSR count). The third-order valence-corrected chi connectivity index (χ3v) is 4.96. The minimum atomic E-state index is -0.226. The van der Waals surface area contributed by atoms with Gasteiger partial charge in [-0.25, -0.2) is 4.79 Å². The normalized spacial score (nSPS) is 16.6. The molecular formula is C22H28N4O2. The van der Waals surface area contributed by atoms with Gasteiger partial charge in [0.05, 0.1) is 6.42 Å². The molecule has 1 atom stereocenters. The number of amides is 3. The Hall–Kier alpha value is -2.86. The second-order valence-electron chi connectivity index (χ2n) is 7.43. The summed E-state index contributed by atoms with van der Waals surface area (Å²) in [5.74, 6) is 0.00186. The van der Waals surface area contributed by atoms with E-state index >= 15 is 0 Å². The zero-order chi connectivity index (χ0) is 19.9. The zero-order valence-electron chi connectivity index (χ0n) is 16.5. The number of carbonyl (C=O) groups is 2. The first-order valence-corrected chi connectivity index (χ1v) is 9.63. The molecule has 148 valence electrons. The highest BCUT2D eigenvalue weighted by Gasteiger charge is 2.24. The Bertz CT molecular complexity index is 807. The van der Waals surface area contributed by atoms with E-state index in [1.807, 2.05) is 42.5 Å². The summed E-state index contributed by atoms with van der Waals surface area (Å²) in [5, 5.41) is 5.97. The Morgan fingerprint density at radius 2 is 1.79 bits per heavy atom. The van der Waals surface area contributed by atoms with Gasteiger partial charge in [0.1, 0.15) is 0 Å². The lowest BCUT2D eigenvalue weighted by Crippen LogP contribution is -2.39. The van der Waals surface area contributed by atoms with E-state index in [1.165, 1.54) is 5.56 Å². The number of anilines is 1. The van der Waals surface area contributed by atoms with E-state index < -0.39 is 0 Å². The SMILES string of the molecule is CN(C)C(=O)Cc1ccccc1NC(=O)N[C@H]1CCN(Cc2ccccc2)C1. The van der Waals surface area contributed by atoms with Crippen LogP contribution in [0.25, 0.3) is 0 Å². The maximum absolute atomic E-state index is 12.5. The van der Waals surface area contributed by atoms with Crippen molar-refractivity contribution in [3.63, 3.8) is 0 Å². The van der Waals surface area contributed by atoms with Crippen molar-refractivity contribution in [2.75, 3.05) is 32.5 Å². The number of likely N-dealkylation sites (tertiary alicyclic amines) is 1. The van der Waals surface area contributed by atoms with Gasteiger partial charge < -0.3 is 15.5 Å². The van der Waals surface area contributed by atoms with Crippen molar-refractivity contribution in [1.82, 2.24) is 15.1 Å². The fraction of sp³-hybridized carbons (Fsp3) is 0.364. The summed E-state index contributed by atoms with van der Waals surface area (Å²) in [6, 6.07) is 17.7. The van der Waals surface area contributed by atoms with Crippen LogP contribution in [0.4, 0.5) is 10.5 Å². The third-order valence-electron chi connectivity index (χ3n) is 4.96. The minimum absolute atomic E-state index is 0.00186. The molecule has 0 saturated carbocycles. The quantitative estimate of drug-likeness (QED) is 0.810. The van der Waals surface area contributed by atoms with Gasteiger partial charge in [0.15, 0.2) is 0 Å². The molecule has 0 radical (unpaired) electrons. The van der Waals surface area contributed by atoms with E-state index in [4.69, 9.17) is 0 Å². The number of nitrogens with zero attached hydrogens (tertiary/aromatic N) is 2. The first kappa shape index (κ1) is 19.9. The maximum atomic E-state index is 12.5. The first-order valence-electron chi connectivity index (χ1n) is 9.63. The average Bonchev–Trinajstić information content (AvgIpc) is 3.10. The van der Waals surface area contributed by atoms with Crippen molar-refractivity contribution in [3.05, 3.63) is 65.7 Å². The molecule has 0 spiro atoms. The highest BCUT2D eigenvalue weighted by atomic mass is 16.2. The van der Waals surface area contributed by atoms with E-state index in [9.17, 15) is 9.59 Å². The maximum Gasteiger partial charge on any atom is 0.319 e. The van der Waals surface area contributed by atoms with Crippen LogP contribution in [0.2, 0.25) is 0 Å². The number of likely N-dealkylation sites (N-methyl/N-ethyl adjacent to an activating group) is 1. The lowest BCUT2D eigenvalue weighted by Gasteiger charge is -2.18. The summed E-state index contributed by atoms with van der Waals surface area (Å²) in [7, 11) is 3.46. The fourth-order valence-electron chi connectivity index (χ4n) is 3.40. The van der Waals surface area contributed by atoms with Crippen molar-refractivity contribution < 1.29 is 9.59 Å². The van der Waals surface area contributed by atoms with Crippen molar-refractivity contribution in [2.45, 2.75) is 25.4 Å². The molecule has 1 aliphatic rings. The van der Waals surface area contributed by atoms with Gasteiger partial charge in [-0.1, -0.05) is 48.5 Å². The highest BCUT2D eigenvalue weighted by Crippen LogP contribution is 2.17. The van der Waals surface area contributed by atoms with Gasteiger partial charge in [-0.15, -0.1) is 0 Å². The van der Waals surface area contributed by atoms with Crippen LogP contribution in [-0.4, -0.2) is 55.0 Å². The Kier molecular flexibility index (Phi) is 6.66. The van der Waals surface area contributed by atoms with E-state index in [1.54, 1.807) is 19.0 Å². The molecule has 2 aromatic rings. The molecule has 6 nitrogen and oxygen atoms in total. The molecule has 0 unspecified atom stereocenters. The average molecular weight is 380 g/mol. The van der Waals surface area contributed by atoms with Gasteiger partial charge in [-0.2, -0.15) is 0 Å². The van der Waals surface area contributed by atoms with Crippen LogP contribution in [0, 0.1) is 0 Å². The molecule has 3 amide bonds. The van der Waals surface area contributed by atoms with E-state index in [2.05, 4.69) is 27.7 Å². The van der Waals surface area contributed by atoms with Gasteiger partial charge in [-0.3, -0.25) is 9.69 Å². The van der Waals surface area contributed by atoms with Gasteiger partial charge in [0, 0.05) is 45.5 Å². The lowest BCUT2D eigenvalue weighted by atomic mass is 10.1. The van der Waals surface area contributed by atoms with Crippen LogP contribution < -0.4 is 10.6 Å². The van der Waals surface area contributed by atoms with Gasteiger partial charge >= 0.3 is 6.03 Å². The molecule has 2 aromatic carbocycles. The summed E-state index contributed by atoms with van der Waals surface area (Å²) in [6.45, 7) is 2.70. The minimum Gasteiger partial charge on any atom is -0.349 e. The van der Waals surface area contributed by atoms with Crippen molar-refractivity contribution in [3.8, 4) is 0 Å². The summed E-state index contributed by atoms with van der Waals surface area (Å²) in [5.41, 5.74) is 2.77. The summed E-state index contributed by atoms with van der Waals surface area (Å²) >= 11 is 0. The predicted molar refractivity (Wildman–Crippen MR) is 111 cm³/mol. The fourth-order valence-corrected chi connectivity index (χ4v) is 3.40. The van der Waals surface area contributed by atoms with Gasteiger partial charge in [0.2, 0.25) is 5.91 Å². The molecule has 1 saturated heterocycles. The van der Waals surface area contributed by atoms with E-state index in [-0.39, 0.29) is 24.4 Å². The summed E-state index contributed by atoms with van der Waals surface area (Å²) in [6.07, 6.45) is 1.19. The largest absolute Gasteiger partial charge is 0.349 e. The summed E-state index contributed by atoms with van der Waals surface area (Å²) in [4.78, 5) is 28.4. The number of hydrogen-bond acceptors (Lipinski definition) is 3. The molecule has 0 bridgehead atoms. The second kappa shape index (κ2) is 9.37. The Labute approximate surface area is 166 Å². The molecule has 28 heavy (non-hydrogen) atoms. The number of nitrogens with one attached hydrogen (secondary N) is 2. The number of carbonyl (C=O) groups excluding carboxylic acids is 2. The Morgan fingerprint density at radius 1 is 1.07 bits per heavy atom. The van der Waals surface area contributed by atoms with Crippen LogP contribution in [0.3, 0.4) is 0 Å². The molecule has 0 aliphatic carbocycles. The Morgan fingerprint density at radius 3 is 2.54 bits per heavy atom. The number of hydrogen-bond donors (Lipinski definition) is 2. The summed E-state index contributed by atoms with van der Waals surface area (Å²) < 4.78 is 0. The number of urea groups is 1. The van der Waals surface area contributed by atoms with Crippen molar-refractivity contribution in [1.29, 1.82) is 0 Å². The number of benzene rings is 2. The predicted octanol–water partition coefficient (Wildman–Crippen LogP) is 2.71. The first-order chi connectivity index (χ1) is 13.5. The molecule has 6 heteroatoms. The lowest BCUT2D eigenvalue weighted by molar-refractivity contribution is -0.127.